The minimum absolute atomic E-state index is 0.0417. The topological polar surface area (TPSA) is 49.7 Å². The monoisotopic (exact) mass is 136 g/mol. The second kappa shape index (κ2) is 2.23. The second-order valence-corrected chi connectivity index (χ2v) is 2.73. The fraction of sp³-hybridized carbons (Fsp3) is 1.00. The summed E-state index contributed by atoms with van der Waals surface area (Å²) < 4.78 is 4.75. The largest absolute Gasteiger partial charge is 0.365 e. The molecule has 4 heteroatoms. The molecule has 3 nitrogen and oxygen atoms in total. The van der Waals surface area contributed by atoms with E-state index in [-0.39, 0.29) is 6.61 Å². The summed E-state index contributed by atoms with van der Waals surface area (Å²) >= 11 is 1.38. The van der Waals surface area contributed by atoms with Gasteiger partial charge in [-0.25, -0.2) is 0 Å². The van der Waals surface area contributed by atoms with E-state index in [4.69, 9.17) is 14.9 Å². The molecule has 0 aromatic carbocycles. The van der Waals surface area contributed by atoms with E-state index < -0.39 is 5.79 Å². The third kappa shape index (κ3) is 1.63. The van der Waals surface area contributed by atoms with Crippen molar-refractivity contribution in [3.63, 3.8) is 0 Å². The van der Waals surface area contributed by atoms with E-state index in [1.807, 2.05) is 0 Å². The van der Waals surface area contributed by atoms with Gasteiger partial charge in [-0.2, -0.15) is 0 Å². The van der Waals surface area contributed by atoms with E-state index in [0.29, 0.717) is 11.7 Å². The molecule has 0 saturated carbocycles. The average molecular weight is 136 g/mol. The van der Waals surface area contributed by atoms with Gasteiger partial charge in [0, 0.05) is 0 Å². The lowest BCUT2D eigenvalue weighted by atomic mass is 10.4. The maximum Gasteiger partial charge on any atom is 0.196 e. The summed E-state index contributed by atoms with van der Waals surface area (Å²) in [5.41, 5.74) is 0. The van der Waals surface area contributed by atoms with E-state index in [1.54, 1.807) is 0 Å². The lowest BCUT2D eigenvalue weighted by molar-refractivity contribution is -0.180. The Bertz CT molecular complexity index is 75.4. The van der Waals surface area contributed by atoms with Gasteiger partial charge in [0.05, 0.1) is 11.7 Å². The zero-order valence-corrected chi connectivity index (χ0v) is 5.15. The third-order valence-electron chi connectivity index (χ3n) is 0.833. The lowest BCUT2D eigenvalue weighted by Crippen LogP contribution is -2.39. The van der Waals surface area contributed by atoms with Crippen LogP contribution in [-0.2, 0) is 4.74 Å². The number of aliphatic hydroxyl groups is 2. The van der Waals surface area contributed by atoms with Crippen molar-refractivity contribution in [2.75, 3.05) is 18.3 Å². The molecule has 0 atom stereocenters. The molecule has 0 radical (unpaired) electrons. The highest BCUT2D eigenvalue weighted by Gasteiger charge is 2.26. The first kappa shape index (κ1) is 6.35. The highest BCUT2D eigenvalue weighted by atomic mass is 32.2. The molecule has 1 heterocycles. The summed E-state index contributed by atoms with van der Waals surface area (Å²) in [4.78, 5) is 0. The van der Waals surface area contributed by atoms with Crippen LogP contribution >= 0.6 is 11.8 Å². The molecule has 0 aliphatic carbocycles. The van der Waals surface area contributed by atoms with Gasteiger partial charge in [0.2, 0.25) is 0 Å². The van der Waals surface area contributed by atoms with Crippen LogP contribution in [0.5, 0.6) is 0 Å². The zero-order chi connectivity index (χ0) is 6.04. The van der Waals surface area contributed by atoms with Crippen molar-refractivity contribution in [2.45, 2.75) is 5.79 Å². The van der Waals surface area contributed by atoms with Crippen molar-refractivity contribution in [2.24, 2.45) is 0 Å². The molecule has 1 rings (SSSR count). The summed E-state index contributed by atoms with van der Waals surface area (Å²) in [5.74, 6) is -0.654. The molecule has 1 aliphatic heterocycles. The van der Waals surface area contributed by atoms with Gasteiger partial charge in [-0.1, -0.05) is 0 Å². The first-order valence-corrected chi connectivity index (χ1v) is 3.46. The van der Waals surface area contributed by atoms with Gasteiger partial charge in [-0.15, -0.1) is 11.8 Å². The van der Waals surface area contributed by atoms with Gasteiger partial charge < -0.3 is 14.9 Å². The minimum Gasteiger partial charge on any atom is -0.365 e. The van der Waals surface area contributed by atoms with Crippen LogP contribution in [0.3, 0.4) is 0 Å². The Hall–Kier alpha value is 0.230. The molecule has 1 aliphatic rings. The minimum atomic E-state index is -1.58. The smallest absolute Gasteiger partial charge is 0.196 e. The molecule has 48 valence electrons. The highest BCUT2D eigenvalue weighted by molar-refractivity contribution is 7.99. The Labute approximate surface area is 51.7 Å². The maximum atomic E-state index is 8.78. The van der Waals surface area contributed by atoms with Crippen molar-refractivity contribution >= 4 is 11.8 Å². The molecule has 0 unspecified atom stereocenters. The van der Waals surface area contributed by atoms with Crippen LogP contribution in [0.1, 0.15) is 0 Å². The number of thioether (sulfide) groups is 1. The van der Waals surface area contributed by atoms with Crippen LogP contribution in [0.25, 0.3) is 0 Å². The molecular weight excluding hydrogens is 128 g/mol. The van der Waals surface area contributed by atoms with Crippen molar-refractivity contribution in [1.82, 2.24) is 0 Å². The van der Waals surface area contributed by atoms with Crippen LogP contribution in [0.2, 0.25) is 0 Å². The van der Waals surface area contributed by atoms with Gasteiger partial charge in [0.25, 0.3) is 0 Å². The standard InChI is InChI=1S/C4H8O3S/c5-4(6)1-7-3-8-2-4/h5-6H,1-3H2. The summed E-state index contributed by atoms with van der Waals surface area (Å²) in [6.07, 6.45) is 0. The summed E-state index contributed by atoms with van der Waals surface area (Å²) in [7, 11) is 0. The average Bonchev–Trinajstić information content (AvgIpc) is 1.65. The van der Waals surface area contributed by atoms with Gasteiger partial charge in [-0.05, 0) is 0 Å². The van der Waals surface area contributed by atoms with E-state index in [0.717, 1.165) is 0 Å². The molecule has 0 spiro atoms. The van der Waals surface area contributed by atoms with E-state index in [9.17, 15) is 0 Å². The summed E-state index contributed by atoms with van der Waals surface area (Å²) in [5, 5.41) is 17.6. The fourth-order valence-corrected chi connectivity index (χ4v) is 1.21. The van der Waals surface area contributed by atoms with Crippen molar-refractivity contribution < 1.29 is 14.9 Å². The van der Waals surface area contributed by atoms with Gasteiger partial charge >= 0.3 is 0 Å². The van der Waals surface area contributed by atoms with Gasteiger partial charge in [0.15, 0.2) is 5.79 Å². The zero-order valence-electron chi connectivity index (χ0n) is 4.33. The number of hydrogen-bond donors (Lipinski definition) is 2. The van der Waals surface area contributed by atoms with E-state index >= 15 is 0 Å². The molecule has 8 heavy (non-hydrogen) atoms. The number of ether oxygens (including phenoxy) is 1. The number of rotatable bonds is 0. The quantitative estimate of drug-likeness (QED) is 0.436. The molecule has 1 saturated heterocycles. The van der Waals surface area contributed by atoms with Crippen molar-refractivity contribution in [3.8, 4) is 0 Å². The van der Waals surface area contributed by atoms with Crippen LogP contribution in [0, 0.1) is 0 Å². The van der Waals surface area contributed by atoms with Crippen molar-refractivity contribution in [3.05, 3.63) is 0 Å². The van der Waals surface area contributed by atoms with E-state index in [1.165, 1.54) is 11.8 Å². The Kier molecular flexibility index (Phi) is 1.77. The molecule has 0 aromatic rings. The van der Waals surface area contributed by atoms with Crippen LogP contribution in [0.15, 0.2) is 0 Å². The highest BCUT2D eigenvalue weighted by Crippen LogP contribution is 2.16. The van der Waals surface area contributed by atoms with Crippen molar-refractivity contribution in [1.29, 1.82) is 0 Å². The summed E-state index contributed by atoms with van der Waals surface area (Å²) in [6.45, 7) is 0.0417. The van der Waals surface area contributed by atoms with E-state index in [2.05, 4.69) is 0 Å². The number of hydrogen-bond acceptors (Lipinski definition) is 4. The van der Waals surface area contributed by atoms with Gasteiger partial charge in [-0.3, -0.25) is 0 Å². The predicted molar refractivity (Wildman–Crippen MR) is 30.4 cm³/mol. The van der Waals surface area contributed by atoms with Crippen LogP contribution < -0.4 is 0 Å². The fourth-order valence-electron chi connectivity index (χ4n) is 0.511. The lowest BCUT2D eigenvalue weighted by Gasteiger charge is -2.25. The molecule has 0 bridgehead atoms. The normalized spacial score (nSPS) is 27.8. The molecule has 1 fully saturated rings. The SMILES string of the molecule is OC1(O)COCSC1. The van der Waals surface area contributed by atoms with Gasteiger partial charge in [0.1, 0.15) is 6.61 Å². The molecule has 2 N–H and O–H groups in total. The first-order valence-electron chi connectivity index (χ1n) is 2.31. The Morgan fingerprint density at radius 2 is 2.25 bits per heavy atom. The Morgan fingerprint density at radius 1 is 1.50 bits per heavy atom. The molecular formula is C4H8O3S. The van der Waals surface area contributed by atoms with Crippen LogP contribution in [0.4, 0.5) is 0 Å². The molecule has 0 amide bonds. The summed E-state index contributed by atoms with van der Waals surface area (Å²) in [6, 6.07) is 0. The first-order chi connectivity index (χ1) is 3.71. The maximum absolute atomic E-state index is 8.78. The molecule has 0 aromatic heterocycles. The van der Waals surface area contributed by atoms with Crippen LogP contribution in [-0.4, -0.2) is 34.3 Å². The Balaban J connectivity index is 2.33. The second-order valence-electron chi connectivity index (χ2n) is 1.80. The Morgan fingerprint density at radius 3 is 2.50 bits per heavy atom. The predicted octanol–water partition coefficient (Wildman–Crippen LogP) is -0.612. The third-order valence-corrected chi connectivity index (χ3v) is 1.83.